The summed E-state index contributed by atoms with van der Waals surface area (Å²) in [6, 6.07) is 22.2. The summed E-state index contributed by atoms with van der Waals surface area (Å²) >= 11 is 0. The van der Waals surface area contributed by atoms with Crippen LogP contribution in [0.2, 0.25) is 0 Å². The summed E-state index contributed by atoms with van der Waals surface area (Å²) < 4.78 is 23.7. The molecule has 2 fully saturated rings. The number of nitriles is 1. The van der Waals surface area contributed by atoms with Crippen molar-refractivity contribution in [2.45, 2.75) is 37.8 Å². The highest BCUT2D eigenvalue weighted by Gasteiger charge is 2.52. The van der Waals surface area contributed by atoms with Gasteiger partial charge in [0.15, 0.2) is 6.29 Å². The Hall–Kier alpha value is -2.23. The normalized spacial score (nSPS) is 30.0. The Labute approximate surface area is 153 Å². The first kappa shape index (κ1) is 17.2. The van der Waals surface area contributed by atoms with Crippen LogP contribution in [0.4, 0.5) is 0 Å². The molecule has 5 atom stereocenters. The van der Waals surface area contributed by atoms with E-state index in [1.807, 2.05) is 60.7 Å². The summed E-state index contributed by atoms with van der Waals surface area (Å²) in [7, 11) is 0. The van der Waals surface area contributed by atoms with Gasteiger partial charge in [0.2, 0.25) is 0 Å². The molecule has 0 spiro atoms. The molecule has 2 saturated heterocycles. The molecule has 26 heavy (non-hydrogen) atoms. The van der Waals surface area contributed by atoms with Gasteiger partial charge in [-0.3, -0.25) is 0 Å². The standard InChI is InChI=1S/C21H21NO4/c22-11-17-19(23-12-15-7-3-1-4-8-15)18-14-25-21(26-18)20(17)24-13-16-9-5-2-6-10-16/h1-10,17-21H,12-14H2/t17-,18-,19+,20+,21+/m1/s1. The van der Waals surface area contributed by atoms with Gasteiger partial charge in [-0.25, -0.2) is 0 Å². The summed E-state index contributed by atoms with van der Waals surface area (Å²) in [6.07, 6.45) is -1.59. The third kappa shape index (κ3) is 3.64. The number of rotatable bonds is 6. The molecule has 2 aromatic carbocycles. The molecule has 0 amide bonds. The van der Waals surface area contributed by atoms with E-state index < -0.39 is 18.3 Å². The van der Waals surface area contributed by atoms with Gasteiger partial charge < -0.3 is 18.9 Å². The van der Waals surface area contributed by atoms with Crippen LogP contribution in [0.3, 0.4) is 0 Å². The van der Waals surface area contributed by atoms with E-state index in [4.69, 9.17) is 18.9 Å². The van der Waals surface area contributed by atoms with E-state index in [1.54, 1.807) is 0 Å². The molecule has 5 heteroatoms. The summed E-state index contributed by atoms with van der Waals surface area (Å²) in [5, 5.41) is 9.77. The smallest absolute Gasteiger partial charge is 0.185 e. The van der Waals surface area contributed by atoms with Crippen LogP contribution in [-0.2, 0) is 32.2 Å². The van der Waals surface area contributed by atoms with Crippen LogP contribution in [-0.4, -0.2) is 31.2 Å². The van der Waals surface area contributed by atoms with Gasteiger partial charge in [0.1, 0.15) is 24.2 Å². The largest absolute Gasteiger partial charge is 0.369 e. The summed E-state index contributed by atoms with van der Waals surface area (Å²) in [5.74, 6) is -0.436. The van der Waals surface area contributed by atoms with E-state index in [2.05, 4.69) is 6.07 Å². The second kappa shape index (κ2) is 7.98. The second-order valence-corrected chi connectivity index (χ2v) is 6.55. The summed E-state index contributed by atoms with van der Waals surface area (Å²) in [4.78, 5) is 0. The first-order valence-electron chi connectivity index (χ1n) is 8.83. The molecule has 0 aliphatic carbocycles. The first-order valence-corrected chi connectivity index (χ1v) is 8.83. The van der Waals surface area contributed by atoms with Crippen molar-refractivity contribution >= 4 is 0 Å². The van der Waals surface area contributed by atoms with E-state index >= 15 is 0 Å². The average molecular weight is 351 g/mol. The molecule has 2 bridgehead atoms. The summed E-state index contributed by atoms with van der Waals surface area (Å²) in [6.45, 7) is 1.26. The van der Waals surface area contributed by atoms with E-state index in [0.717, 1.165) is 11.1 Å². The topological polar surface area (TPSA) is 60.7 Å². The van der Waals surface area contributed by atoms with Gasteiger partial charge >= 0.3 is 0 Å². The molecule has 2 aromatic rings. The van der Waals surface area contributed by atoms with E-state index in [1.165, 1.54) is 0 Å². The fraction of sp³-hybridized carbons (Fsp3) is 0.381. The van der Waals surface area contributed by atoms with Crippen LogP contribution in [0.1, 0.15) is 11.1 Å². The maximum Gasteiger partial charge on any atom is 0.185 e. The Kier molecular flexibility index (Phi) is 5.28. The van der Waals surface area contributed by atoms with Crippen LogP contribution in [0, 0.1) is 17.2 Å². The van der Waals surface area contributed by atoms with Gasteiger partial charge in [-0.1, -0.05) is 60.7 Å². The second-order valence-electron chi connectivity index (χ2n) is 6.55. The highest BCUT2D eigenvalue weighted by molar-refractivity contribution is 5.15. The van der Waals surface area contributed by atoms with Crippen LogP contribution < -0.4 is 0 Å². The van der Waals surface area contributed by atoms with Gasteiger partial charge in [0.05, 0.1) is 25.9 Å². The van der Waals surface area contributed by atoms with E-state index in [-0.39, 0.29) is 12.2 Å². The fourth-order valence-electron chi connectivity index (χ4n) is 3.45. The Morgan fingerprint density at radius 3 is 2.04 bits per heavy atom. The zero-order chi connectivity index (χ0) is 17.8. The molecular formula is C21H21NO4. The number of fused-ring (bicyclic) bond motifs is 2. The lowest BCUT2D eigenvalue weighted by atomic mass is 9.91. The molecule has 0 radical (unpaired) electrons. The molecule has 4 rings (SSSR count). The minimum atomic E-state index is -0.509. The van der Waals surface area contributed by atoms with Gasteiger partial charge in [-0.2, -0.15) is 5.26 Å². The van der Waals surface area contributed by atoms with E-state index in [0.29, 0.717) is 19.8 Å². The molecule has 0 aromatic heterocycles. The van der Waals surface area contributed by atoms with Crippen molar-refractivity contribution in [1.82, 2.24) is 0 Å². The Bertz CT molecular complexity index is 688. The van der Waals surface area contributed by atoms with Crippen molar-refractivity contribution in [3.05, 3.63) is 71.8 Å². The number of hydrogen-bond acceptors (Lipinski definition) is 5. The van der Waals surface area contributed by atoms with Crippen LogP contribution in [0.15, 0.2) is 60.7 Å². The monoisotopic (exact) mass is 351 g/mol. The van der Waals surface area contributed by atoms with Gasteiger partial charge in [0.25, 0.3) is 0 Å². The third-order valence-electron chi connectivity index (χ3n) is 4.80. The van der Waals surface area contributed by atoms with Crippen molar-refractivity contribution < 1.29 is 18.9 Å². The molecular weight excluding hydrogens is 330 g/mol. The maximum absolute atomic E-state index is 9.77. The third-order valence-corrected chi connectivity index (χ3v) is 4.80. The van der Waals surface area contributed by atoms with Crippen LogP contribution in [0.5, 0.6) is 0 Å². The predicted octanol–water partition coefficient (Wildman–Crippen LogP) is 3.05. The zero-order valence-electron chi connectivity index (χ0n) is 14.4. The number of hydrogen-bond donors (Lipinski definition) is 0. The fourth-order valence-corrected chi connectivity index (χ4v) is 3.45. The lowest BCUT2D eigenvalue weighted by molar-refractivity contribution is -0.227. The minimum Gasteiger partial charge on any atom is -0.369 e. The number of nitrogens with zero attached hydrogens (tertiary/aromatic N) is 1. The van der Waals surface area contributed by atoms with Crippen molar-refractivity contribution in [2.24, 2.45) is 5.92 Å². The molecule has 2 heterocycles. The Morgan fingerprint density at radius 1 is 0.885 bits per heavy atom. The molecule has 2 aliphatic rings. The molecule has 0 saturated carbocycles. The lowest BCUT2D eigenvalue weighted by Crippen LogP contribution is -2.51. The van der Waals surface area contributed by atoms with Gasteiger partial charge in [-0.05, 0) is 11.1 Å². The molecule has 0 N–H and O–H groups in total. The highest BCUT2D eigenvalue weighted by atomic mass is 16.8. The van der Waals surface area contributed by atoms with Crippen molar-refractivity contribution in [3.8, 4) is 6.07 Å². The Morgan fingerprint density at radius 2 is 1.46 bits per heavy atom. The average Bonchev–Trinajstić information content (AvgIpc) is 3.13. The maximum atomic E-state index is 9.77. The molecule has 134 valence electrons. The molecule has 5 nitrogen and oxygen atoms in total. The van der Waals surface area contributed by atoms with Crippen molar-refractivity contribution in [3.63, 3.8) is 0 Å². The SMILES string of the molecule is N#C[C@H]1[C@H](OCc2ccccc2)[C@H]2OC[C@@H](O2)[C@H]1OCc1ccccc1. The van der Waals surface area contributed by atoms with Gasteiger partial charge in [0, 0.05) is 0 Å². The minimum absolute atomic E-state index is 0.232. The zero-order valence-corrected chi connectivity index (χ0v) is 14.4. The Balaban J connectivity index is 1.45. The highest BCUT2D eigenvalue weighted by Crippen LogP contribution is 2.36. The quantitative estimate of drug-likeness (QED) is 0.800. The van der Waals surface area contributed by atoms with E-state index in [9.17, 15) is 5.26 Å². The van der Waals surface area contributed by atoms with Crippen molar-refractivity contribution in [1.29, 1.82) is 5.26 Å². The van der Waals surface area contributed by atoms with Gasteiger partial charge in [-0.15, -0.1) is 0 Å². The summed E-state index contributed by atoms with van der Waals surface area (Å²) in [5.41, 5.74) is 2.11. The van der Waals surface area contributed by atoms with Crippen LogP contribution in [0.25, 0.3) is 0 Å². The number of benzene rings is 2. The number of ether oxygens (including phenoxy) is 4. The van der Waals surface area contributed by atoms with Crippen LogP contribution >= 0.6 is 0 Å². The predicted molar refractivity (Wildman–Crippen MR) is 93.8 cm³/mol. The first-order chi connectivity index (χ1) is 12.8. The lowest BCUT2D eigenvalue weighted by Gasteiger charge is -2.37. The molecule has 2 aliphatic heterocycles. The van der Waals surface area contributed by atoms with Crippen molar-refractivity contribution in [2.75, 3.05) is 6.61 Å². The molecule has 0 unspecified atom stereocenters.